The largest absolute Gasteiger partial charge is 0.308 e. The highest BCUT2D eigenvalue weighted by Gasteiger charge is 2.19. The molecule has 0 spiro atoms. The first-order valence-electron chi connectivity index (χ1n) is 10.8. The Kier molecular flexibility index (Phi) is 3.42. The Labute approximate surface area is 196 Å². The second-order valence-electron chi connectivity index (χ2n) is 8.28. The first-order chi connectivity index (χ1) is 16.4. The molecule has 33 heavy (non-hydrogen) atoms. The summed E-state index contributed by atoms with van der Waals surface area (Å²) in [5.74, 6) is 0. The van der Waals surface area contributed by atoms with Gasteiger partial charge in [0.2, 0.25) is 0 Å². The van der Waals surface area contributed by atoms with E-state index in [0.29, 0.717) is 0 Å². The summed E-state index contributed by atoms with van der Waals surface area (Å²) in [6.45, 7) is 0. The predicted octanol–water partition coefficient (Wildman–Crippen LogP) is 8.31. The summed E-state index contributed by atoms with van der Waals surface area (Å²) in [7, 11) is 0. The van der Waals surface area contributed by atoms with Crippen LogP contribution in [0.25, 0.3) is 68.0 Å². The van der Waals surface area contributed by atoms with Gasteiger partial charge in [0.05, 0.1) is 21.4 Å². The average Bonchev–Trinajstić information content (AvgIpc) is 3.53. The van der Waals surface area contributed by atoms with E-state index in [1.165, 1.54) is 57.8 Å². The summed E-state index contributed by atoms with van der Waals surface area (Å²) < 4.78 is 6.33. The van der Waals surface area contributed by atoms with E-state index in [4.69, 9.17) is 0 Å². The lowest BCUT2D eigenvalue weighted by Crippen LogP contribution is -1.93. The van der Waals surface area contributed by atoms with Crippen molar-refractivity contribution in [3.63, 3.8) is 0 Å². The fourth-order valence-corrected chi connectivity index (χ4v) is 7.47. The number of nitrogens with zero attached hydrogens (tertiary/aromatic N) is 3. The normalized spacial score (nSPS) is 12.2. The molecule has 5 heteroatoms. The van der Waals surface area contributed by atoms with E-state index < -0.39 is 0 Å². The highest BCUT2D eigenvalue weighted by Crippen LogP contribution is 2.44. The molecule has 4 aromatic carbocycles. The summed E-state index contributed by atoms with van der Waals surface area (Å²) >= 11 is 3.61. The Morgan fingerprint density at radius 2 is 1.45 bits per heavy atom. The van der Waals surface area contributed by atoms with Crippen LogP contribution in [0.2, 0.25) is 0 Å². The van der Waals surface area contributed by atoms with Gasteiger partial charge in [-0.05, 0) is 30.3 Å². The van der Waals surface area contributed by atoms with Crippen molar-refractivity contribution in [3.8, 4) is 5.69 Å². The third-order valence-corrected chi connectivity index (χ3v) is 8.86. The second-order valence-corrected chi connectivity index (χ2v) is 10.4. The van der Waals surface area contributed by atoms with Gasteiger partial charge in [0.1, 0.15) is 11.2 Å². The molecule has 0 saturated carbocycles. The van der Waals surface area contributed by atoms with Crippen molar-refractivity contribution in [3.05, 3.63) is 91.4 Å². The van der Waals surface area contributed by atoms with E-state index in [1.807, 2.05) is 17.5 Å². The zero-order chi connectivity index (χ0) is 21.5. The third kappa shape index (κ3) is 2.28. The molecule has 8 rings (SSSR count). The van der Waals surface area contributed by atoms with Gasteiger partial charge < -0.3 is 4.57 Å². The van der Waals surface area contributed by atoms with Gasteiger partial charge in [0, 0.05) is 47.9 Å². The molecular weight excluding hydrogens is 442 g/mol. The van der Waals surface area contributed by atoms with E-state index in [1.54, 1.807) is 17.7 Å². The maximum absolute atomic E-state index is 4.54. The maximum atomic E-state index is 4.54. The van der Waals surface area contributed by atoms with Crippen LogP contribution in [0.3, 0.4) is 0 Å². The van der Waals surface area contributed by atoms with Gasteiger partial charge in [-0.2, -0.15) is 0 Å². The lowest BCUT2D eigenvalue weighted by atomic mass is 10.1. The van der Waals surface area contributed by atoms with E-state index in [9.17, 15) is 0 Å². The topological polar surface area (TPSA) is 30.7 Å². The number of aromatic nitrogens is 3. The van der Waals surface area contributed by atoms with Gasteiger partial charge in [-0.25, -0.2) is 9.97 Å². The minimum atomic E-state index is 1.04. The van der Waals surface area contributed by atoms with Crippen LogP contribution < -0.4 is 0 Å². The summed E-state index contributed by atoms with van der Waals surface area (Å²) in [6.07, 6.45) is 3.60. The number of hydrogen-bond donors (Lipinski definition) is 0. The quantitative estimate of drug-likeness (QED) is 0.248. The Balaban J connectivity index is 1.61. The molecular formula is C28H15N3S2. The molecule has 4 heterocycles. The van der Waals surface area contributed by atoms with Crippen molar-refractivity contribution in [2.75, 3.05) is 0 Å². The standard InChI is InChI=1S/C28H15N3S2/c1-3-9-20-18(7-1)25-21(12-13-24-26(25)19-14-29-15-30-28(19)33-24)31(20)22-10-5-8-17-16-6-2-4-11-23(16)32-27(17)22/h1-15H. The SMILES string of the molecule is c1ccc2c(c1)sc1c(-n3c4ccccc4c4c5c(ccc43)sc3ncncc35)cccc12. The van der Waals surface area contributed by atoms with Gasteiger partial charge in [0.25, 0.3) is 0 Å². The van der Waals surface area contributed by atoms with Crippen molar-refractivity contribution >= 4 is 85.0 Å². The van der Waals surface area contributed by atoms with Crippen LogP contribution >= 0.6 is 22.7 Å². The summed E-state index contributed by atoms with van der Waals surface area (Å²) in [5, 5.41) is 7.57. The Morgan fingerprint density at radius 1 is 0.606 bits per heavy atom. The van der Waals surface area contributed by atoms with Crippen LogP contribution in [0.1, 0.15) is 0 Å². The predicted molar refractivity (Wildman–Crippen MR) is 142 cm³/mol. The number of para-hydroxylation sites is 1. The van der Waals surface area contributed by atoms with Crippen LogP contribution in [0.15, 0.2) is 91.4 Å². The van der Waals surface area contributed by atoms with Crippen molar-refractivity contribution in [2.45, 2.75) is 0 Å². The molecule has 0 atom stereocenters. The molecule has 0 unspecified atom stereocenters. The molecule has 0 aliphatic heterocycles. The highest BCUT2D eigenvalue weighted by atomic mass is 32.1. The zero-order valence-electron chi connectivity index (χ0n) is 17.3. The first-order valence-corrected chi connectivity index (χ1v) is 12.5. The van der Waals surface area contributed by atoms with Gasteiger partial charge in [0.15, 0.2) is 0 Å². The molecule has 0 bridgehead atoms. The van der Waals surface area contributed by atoms with Crippen LogP contribution in [-0.4, -0.2) is 14.5 Å². The molecule has 0 fully saturated rings. The second kappa shape index (κ2) is 6.38. The minimum absolute atomic E-state index is 1.04. The molecule has 0 aliphatic carbocycles. The Bertz CT molecular complexity index is 2040. The fourth-order valence-electron chi connectivity index (χ4n) is 5.24. The molecule has 3 nitrogen and oxygen atoms in total. The number of rotatable bonds is 1. The maximum Gasteiger partial charge on any atom is 0.127 e. The smallest absolute Gasteiger partial charge is 0.127 e. The van der Waals surface area contributed by atoms with Gasteiger partial charge in [-0.1, -0.05) is 48.5 Å². The molecule has 0 radical (unpaired) electrons. The van der Waals surface area contributed by atoms with Crippen molar-refractivity contribution in [1.82, 2.24) is 14.5 Å². The number of thiophene rings is 2. The minimum Gasteiger partial charge on any atom is -0.308 e. The monoisotopic (exact) mass is 457 g/mol. The van der Waals surface area contributed by atoms with Gasteiger partial charge >= 0.3 is 0 Å². The Hall–Kier alpha value is -3.80. The zero-order valence-corrected chi connectivity index (χ0v) is 19.0. The van der Waals surface area contributed by atoms with Crippen LogP contribution in [0.4, 0.5) is 0 Å². The molecule has 0 aliphatic rings. The molecule has 0 saturated heterocycles. The van der Waals surface area contributed by atoms with E-state index >= 15 is 0 Å². The summed E-state index contributed by atoms with van der Waals surface area (Å²) in [5.41, 5.74) is 3.67. The van der Waals surface area contributed by atoms with E-state index in [2.05, 4.69) is 93.4 Å². The van der Waals surface area contributed by atoms with Crippen molar-refractivity contribution in [2.24, 2.45) is 0 Å². The number of benzene rings is 4. The molecule has 154 valence electrons. The van der Waals surface area contributed by atoms with Gasteiger partial charge in [-0.15, -0.1) is 22.7 Å². The number of fused-ring (bicyclic) bond motifs is 10. The third-order valence-electron chi connectivity index (χ3n) is 6.58. The van der Waals surface area contributed by atoms with Crippen molar-refractivity contribution < 1.29 is 0 Å². The number of hydrogen-bond acceptors (Lipinski definition) is 4. The van der Waals surface area contributed by atoms with Crippen LogP contribution in [-0.2, 0) is 0 Å². The van der Waals surface area contributed by atoms with Crippen LogP contribution in [0.5, 0.6) is 0 Å². The fraction of sp³-hybridized carbons (Fsp3) is 0. The molecule has 0 amide bonds. The van der Waals surface area contributed by atoms with Gasteiger partial charge in [-0.3, -0.25) is 0 Å². The van der Waals surface area contributed by atoms with Crippen LogP contribution in [0, 0.1) is 0 Å². The molecule has 0 N–H and O–H groups in total. The lowest BCUT2D eigenvalue weighted by molar-refractivity contribution is 1.20. The molecule has 8 aromatic rings. The lowest BCUT2D eigenvalue weighted by Gasteiger charge is -2.09. The average molecular weight is 458 g/mol. The molecule has 4 aromatic heterocycles. The first kappa shape index (κ1) is 17.7. The van der Waals surface area contributed by atoms with E-state index in [0.717, 1.165) is 10.2 Å². The van der Waals surface area contributed by atoms with E-state index in [-0.39, 0.29) is 0 Å². The summed E-state index contributed by atoms with van der Waals surface area (Å²) in [4.78, 5) is 9.92. The summed E-state index contributed by atoms with van der Waals surface area (Å²) in [6, 6.07) is 28.6. The Morgan fingerprint density at radius 3 is 2.42 bits per heavy atom. The van der Waals surface area contributed by atoms with Crippen molar-refractivity contribution in [1.29, 1.82) is 0 Å². The highest BCUT2D eigenvalue weighted by molar-refractivity contribution is 7.26.